The zero-order valence-corrected chi connectivity index (χ0v) is 12.6. The lowest BCUT2D eigenvalue weighted by atomic mass is 10.1. The van der Waals surface area contributed by atoms with Crippen LogP contribution in [0.1, 0.15) is 6.42 Å². The minimum Gasteiger partial charge on any atom is -0.370 e. The van der Waals surface area contributed by atoms with E-state index in [1.165, 1.54) is 35.6 Å². The molecule has 2 heterocycles. The van der Waals surface area contributed by atoms with E-state index in [4.69, 9.17) is 0 Å². The molecule has 18 heavy (non-hydrogen) atoms. The first-order chi connectivity index (χ1) is 8.88. The highest BCUT2D eigenvalue weighted by Gasteiger charge is 2.24. The van der Waals surface area contributed by atoms with Crippen LogP contribution in [0.4, 0.5) is 5.69 Å². The van der Waals surface area contributed by atoms with Crippen LogP contribution in [-0.2, 0) is 0 Å². The normalized spacial score (nSPS) is 19.4. The van der Waals surface area contributed by atoms with Crippen molar-refractivity contribution < 1.29 is 0 Å². The van der Waals surface area contributed by atoms with Crippen molar-refractivity contribution in [2.75, 3.05) is 23.3 Å². The van der Waals surface area contributed by atoms with Gasteiger partial charge >= 0.3 is 0 Å². The molecule has 1 nitrogen and oxygen atoms in total. The van der Waals surface area contributed by atoms with Crippen LogP contribution in [0.25, 0.3) is 10.4 Å². The van der Waals surface area contributed by atoms with Crippen molar-refractivity contribution in [3.05, 3.63) is 41.8 Å². The van der Waals surface area contributed by atoms with E-state index in [1.807, 2.05) is 11.3 Å². The zero-order chi connectivity index (χ0) is 12.4. The molecule has 2 aromatic rings. The van der Waals surface area contributed by atoms with Gasteiger partial charge in [0, 0.05) is 18.4 Å². The molecule has 3 rings (SSSR count). The number of hydrogen-bond acceptors (Lipinski definition) is 2. The number of halogens is 1. The molecule has 0 amide bonds. The molecule has 0 spiro atoms. The fraction of sp³-hybridized carbons (Fsp3) is 0.333. The summed E-state index contributed by atoms with van der Waals surface area (Å²) in [6.45, 7) is 2.37. The highest BCUT2D eigenvalue weighted by Crippen LogP contribution is 2.38. The van der Waals surface area contributed by atoms with E-state index in [-0.39, 0.29) is 0 Å². The minimum atomic E-state index is 0.800. The Balaban J connectivity index is 1.89. The molecule has 0 radical (unpaired) electrons. The Labute approximate surface area is 121 Å². The Hall–Kier alpha value is -0.800. The Morgan fingerprint density at radius 3 is 2.78 bits per heavy atom. The van der Waals surface area contributed by atoms with Gasteiger partial charge in [-0.25, -0.2) is 0 Å². The van der Waals surface area contributed by atoms with Crippen LogP contribution in [-0.4, -0.2) is 18.4 Å². The lowest BCUT2D eigenvalue weighted by molar-refractivity contribution is 0.676. The molecule has 94 valence electrons. The Bertz CT molecular complexity index is 508. The van der Waals surface area contributed by atoms with Gasteiger partial charge in [0.05, 0.1) is 10.6 Å². The molecule has 1 aliphatic rings. The number of anilines is 1. The van der Waals surface area contributed by atoms with Crippen LogP contribution in [0.15, 0.2) is 41.8 Å². The average Bonchev–Trinajstić information content (AvgIpc) is 3.08. The zero-order valence-electron chi connectivity index (χ0n) is 10.2. The summed E-state index contributed by atoms with van der Waals surface area (Å²) in [5.74, 6) is 0.800. The van der Waals surface area contributed by atoms with Crippen LogP contribution < -0.4 is 4.90 Å². The summed E-state index contributed by atoms with van der Waals surface area (Å²) in [5, 5.41) is 3.33. The van der Waals surface area contributed by atoms with Crippen LogP contribution in [0.2, 0.25) is 0 Å². The molecule has 1 aliphatic heterocycles. The average molecular weight is 322 g/mol. The van der Waals surface area contributed by atoms with Gasteiger partial charge in [-0.3, -0.25) is 0 Å². The molecule has 1 aromatic heterocycles. The van der Waals surface area contributed by atoms with Crippen LogP contribution in [0.3, 0.4) is 0 Å². The van der Waals surface area contributed by atoms with Gasteiger partial charge in [-0.15, -0.1) is 11.3 Å². The molecule has 1 atom stereocenters. The van der Waals surface area contributed by atoms with Crippen molar-refractivity contribution in [1.82, 2.24) is 0 Å². The van der Waals surface area contributed by atoms with Gasteiger partial charge < -0.3 is 4.90 Å². The summed E-state index contributed by atoms with van der Waals surface area (Å²) in [5.41, 5.74) is 2.75. The quantitative estimate of drug-likeness (QED) is 0.744. The summed E-state index contributed by atoms with van der Waals surface area (Å²) in [4.78, 5) is 3.94. The molecule has 0 aliphatic carbocycles. The second-order valence-corrected chi connectivity index (χ2v) is 6.32. The Morgan fingerprint density at radius 1 is 1.22 bits per heavy atom. The third-order valence-electron chi connectivity index (χ3n) is 3.53. The molecule has 0 bridgehead atoms. The molecule has 1 fully saturated rings. The van der Waals surface area contributed by atoms with Crippen molar-refractivity contribution in [3.8, 4) is 10.4 Å². The highest BCUT2D eigenvalue weighted by molar-refractivity contribution is 9.09. The molecule has 1 unspecified atom stereocenters. The van der Waals surface area contributed by atoms with Gasteiger partial charge in [0.2, 0.25) is 0 Å². The van der Waals surface area contributed by atoms with E-state index in [0.29, 0.717) is 0 Å². The maximum absolute atomic E-state index is 3.61. The van der Waals surface area contributed by atoms with Crippen LogP contribution in [0.5, 0.6) is 0 Å². The summed E-state index contributed by atoms with van der Waals surface area (Å²) >= 11 is 5.45. The van der Waals surface area contributed by atoms with E-state index >= 15 is 0 Å². The largest absolute Gasteiger partial charge is 0.370 e. The van der Waals surface area contributed by atoms with Gasteiger partial charge in [-0.2, -0.15) is 0 Å². The van der Waals surface area contributed by atoms with Gasteiger partial charge in [-0.05, 0) is 29.3 Å². The second kappa shape index (κ2) is 5.45. The first-order valence-corrected chi connectivity index (χ1v) is 8.32. The predicted molar refractivity (Wildman–Crippen MR) is 83.9 cm³/mol. The van der Waals surface area contributed by atoms with Gasteiger partial charge in [0.1, 0.15) is 0 Å². The Kier molecular flexibility index (Phi) is 3.71. The number of nitrogens with zero attached hydrogens (tertiary/aromatic N) is 1. The molecular formula is C15H16BrNS. The number of benzene rings is 1. The SMILES string of the molecule is BrCC1CCN(c2ccsc2-c2ccccc2)C1. The van der Waals surface area contributed by atoms with E-state index in [2.05, 4.69) is 62.6 Å². The van der Waals surface area contributed by atoms with Crippen molar-refractivity contribution in [2.45, 2.75) is 6.42 Å². The van der Waals surface area contributed by atoms with E-state index in [1.54, 1.807) is 0 Å². The first kappa shape index (κ1) is 12.2. The van der Waals surface area contributed by atoms with Gasteiger partial charge in [0.15, 0.2) is 0 Å². The standard InChI is InChI=1S/C15H16BrNS/c16-10-12-6-8-17(11-12)14-7-9-18-15(14)13-4-2-1-3-5-13/h1-5,7,9,12H,6,8,10-11H2. The van der Waals surface area contributed by atoms with Crippen molar-refractivity contribution in [2.24, 2.45) is 5.92 Å². The van der Waals surface area contributed by atoms with Crippen molar-refractivity contribution in [1.29, 1.82) is 0 Å². The van der Waals surface area contributed by atoms with Crippen LogP contribution in [0, 0.1) is 5.92 Å². The van der Waals surface area contributed by atoms with E-state index in [9.17, 15) is 0 Å². The smallest absolute Gasteiger partial charge is 0.0576 e. The third kappa shape index (κ3) is 2.34. The lowest BCUT2D eigenvalue weighted by Gasteiger charge is -2.19. The summed E-state index contributed by atoms with van der Waals surface area (Å²) in [6, 6.07) is 13.0. The molecule has 3 heteroatoms. The summed E-state index contributed by atoms with van der Waals surface area (Å²) in [6.07, 6.45) is 1.30. The molecule has 1 saturated heterocycles. The third-order valence-corrected chi connectivity index (χ3v) is 5.39. The van der Waals surface area contributed by atoms with Crippen LogP contribution >= 0.6 is 27.3 Å². The lowest BCUT2D eigenvalue weighted by Crippen LogP contribution is -2.19. The van der Waals surface area contributed by atoms with Gasteiger partial charge in [-0.1, -0.05) is 46.3 Å². The maximum Gasteiger partial charge on any atom is 0.0576 e. The Morgan fingerprint density at radius 2 is 2.06 bits per heavy atom. The monoisotopic (exact) mass is 321 g/mol. The topological polar surface area (TPSA) is 3.24 Å². The molecule has 0 N–H and O–H groups in total. The van der Waals surface area contributed by atoms with Gasteiger partial charge in [0.25, 0.3) is 0 Å². The fourth-order valence-corrected chi connectivity index (χ4v) is 3.99. The number of alkyl halides is 1. The minimum absolute atomic E-state index is 0.800. The highest BCUT2D eigenvalue weighted by atomic mass is 79.9. The second-order valence-electron chi connectivity index (χ2n) is 4.76. The first-order valence-electron chi connectivity index (χ1n) is 6.32. The molecule has 0 saturated carbocycles. The van der Waals surface area contributed by atoms with E-state index in [0.717, 1.165) is 11.2 Å². The maximum atomic E-state index is 3.61. The molecule has 1 aromatic carbocycles. The summed E-state index contributed by atoms with van der Waals surface area (Å²) < 4.78 is 0. The van der Waals surface area contributed by atoms with Crippen molar-refractivity contribution >= 4 is 33.0 Å². The van der Waals surface area contributed by atoms with E-state index < -0.39 is 0 Å². The number of rotatable bonds is 3. The van der Waals surface area contributed by atoms with Crippen molar-refractivity contribution in [3.63, 3.8) is 0 Å². The molecular weight excluding hydrogens is 306 g/mol. The number of thiophene rings is 1. The summed E-state index contributed by atoms with van der Waals surface area (Å²) in [7, 11) is 0. The predicted octanol–water partition coefficient (Wildman–Crippen LogP) is 4.64. The number of hydrogen-bond donors (Lipinski definition) is 0. The fourth-order valence-electron chi connectivity index (χ4n) is 2.53.